The molecule has 3 atom stereocenters. The Hall–Kier alpha value is -2.60. The van der Waals surface area contributed by atoms with Gasteiger partial charge in [-0.25, -0.2) is 13.0 Å². The number of benzene rings is 3. The van der Waals surface area contributed by atoms with Crippen LogP contribution in [0.4, 0.5) is 27.6 Å². The van der Waals surface area contributed by atoms with E-state index in [1.807, 2.05) is 0 Å². The quantitative estimate of drug-likeness (QED) is 0.120. The van der Waals surface area contributed by atoms with Crippen molar-refractivity contribution in [3.05, 3.63) is 89.5 Å². The zero-order valence-electron chi connectivity index (χ0n) is 27.9. The van der Waals surface area contributed by atoms with Gasteiger partial charge in [0, 0.05) is 17.7 Å². The van der Waals surface area contributed by atoms with Crippen LogP contribution in [0.5, 0.6) is 5.75 Å². The van der Waals surface area contributed by atoms with Crippen LogP contribution in [0.2, 0.25) is 0 Å². The van der Waals surface area contributed by atoms with E-state index in [1.165, 1.54) is 55.5 Å². The molecule has 50 heavy (non-hydrogen) atoms. The second kappa shape index (κ2) is 17.8. The van der Waals surface area contributed by atoms with E-state index in [4.69, 9.17) is 14.5 Å². The number of halogens is 5. The summed E-state index contributed by atoms with van der Waals surface area (Å²) < 4.78 is 115. The van der Waals surface area contributed by atoms with Crippen LogP contribution in [0, 0.1) is 0 Å². The van der Waals surface area contributed by atoms with Crippen LogP contribution in [0.3, 0.4) is 0 Å². The van der Waals surface area contributed by atoms with Crippen molar-refractivity contribution >= 4 is 29.3 Å². The number of carbonyl (C=O) groups excluding carboxylic acids is 1. The topological polar surface area (TPSA) is 152 Å². The molecule has 270 valence electrons. The maximum atomic E-state index is 13.3. The number of phosphoric ester groups is 1. The average Bonchev–Trinajstić information content (AvgIpc) is 3.45. The predicted octanol–water partition coefficient (Wildman–Crippen LogP) is 2.85. The molecule has 1 aliphatic heterocycles. The number of carbonyl (C=O) groups is 1. The number of nitrogens with zero attached hydrogens (tertiary/aromatic N) is 1. The van der Waals surface area contributed by atoms with Gasteiger partial charge in [-0.05, 0) is 72.6 Å². The van der Waals surface area contributed by atoms with Crippen molar-refractivity contribution in [1.29, 1.82) is 0 Å². The molecular weight excluding hydrogens is 725 g/mol. The number of hydrogen-bond donors (Lipinski definition) is 3. The van der Waals surface area contributed by atoms with Gasteiger partial charge in [-0.2, -0.15) is 22.0 Å². The second-order valence-corrected chi connectivity index (χ2v) is 14.6. The van der Waals surface area contributed by atoms with E-state index in [1.54, 1.807) is 17.0 Å². The van der Waals surface area contributed by atoms with E-state index in [0.29, 0.717) is 11.3 Å². The Morgan fingerprint density at radius 3 is 2.20 bits per heavy atom. The maximum Gasteiger partial charge on any atom is 1.00 e. The molecule has 1 heterocycles. The van der Waals surface area contributed by atoms with Gasteiger partial charge in [0.1, 0.15) is 11.9 Å². The smallest absolute Gasteiger partial charge is 1.00 e. The van der Waals surface area contributed by atoms with E-state index in [0.717, 1.165) is 12.1 Å². The summed E-state index contributed by atoms with van der Waals surface area (Å²) in [5.41, 5.74) is 0.304. The molecule has 0 saturated carbocycles. The number of phosphoric acid groups is 1. The molecule has 3 N–H and O–H groups in total. The number of amides is 1. The van der Waals surface area contributed by atoms with Crippen molar-refractivity contribution in [2.75, 3.05) is 30.4 Å². The molecule has 1 aliphatic rings. The fraction of sp³-hybridized carbons (Fsp3) is 0.387. The van der Waals surface area contributed by atoms with Crippen LogP contribution in [0.25, 0.3) is 0 Å². The van der Waals surface area contributed by atoms with Crippen LogP contribution in [0.15, 0.2) is 77.7 Å². The van der Waals surface area contributed by atoms with Crippen molar-refractivity contribution in [2.45, 2.75) is 55.6 Å². The molecule has 11 nitrogen and oxygen atoms in total. The number of alkyl halides is 5. The van der Waals surface area contributed by atoms with Crippen molar-refractivity contribution < 1.29 is 94.5 Å². The average molecular weight is 761 g/mol. The van der Waals surface area contributed by atoms with Crippen molar-refractivity contribution in [2.24, 2.45) is 0 Å². The summed E-state index contributed by atoms with van der Waals surface area (Å²) in [6.07, 6.45) is -4.96. The maximum absolute atomic E-state index is 13.3. The number of hydrogen-bond acceptors (Lipinski definition) is 8. The summed E-state index contributed by atoms with van der Waals surface area (Å²) in [6, 6.07) is 14.5. The summed E-state index contributed by atoms with van der Waals surface area (Å²) in [5, 5.41) is 2.76. The van der Waals surface area contributed by atoms with Crippen molar-refractivity contribution in [3.8, 4) is 5.75 Å². The molecule has 0 aromatic heterocycles. The number of anilines is 1. The summed E-state index contributed by atoms with van der Waals surface area (Å²) >= 11 is 0. The Bertz CT molecular complexity index is 1720. The summed E-state index contributed by atoms with van der Waals surface area (Å²) in [7, 11) is -8.30. The fourth-order valence-electron chi connectivity index (χ4n) is 5.26. The van der Waals surface area contributed by atoms with Crippen LogP contribution in [0.1, 0.15) is 48.7 Å². The Morgan fingerprint density at radius 2 is 1.66 bits per heavy atom. The first kappa shape index (κ1) is 41.8. The van der Waals surface area contributed by atoms with Gasteiger partial charge in [-0.15, -0.1) is 0 Å². The fourth-order valence-corrected chi connectivity index (χ4v) is 6.49. The van der Waals surface area contributed by atoms with E-state index < -0.39 is 66.7 Å². The molecule has 1 unspecified atom stereocenters. The van der Waals surface area contributed by atoms with Gasteiger partial charge in [-0.3, -0.25) is 9.32 Å². The molecule has 1 saturated heterocycles. The van der Waals surface area contributed by atoms with E-state index >= 15 is 0 Å². The normalized spacial score (nSPS) is 17.3. The van der Waals surface area contributed by atoms with Gasteiger partial charge in [0.2, 0.25) is 0 Å². The monoisotopic (exact) mass is 760 g/mol. The zero-order chi connectivity index (χ0) is 36.0. The van der Waals surface area contributed by atoms with Gasteiger partial charge >= 0.3 is 50.2 Å². The molecule has 0 radical (unpaired) electrons. The molecule has 3 aromatic carbocycles. The Kier molecular flexibility index (Phi) is 14.8. The minimum absolute atomic E-state index is 0. The van der Waals surface area contributed by atoms with Gasteiger partial charge < -0.3 is 30.9 Å². The summed E-state index contributed by atoms with van der Waals surface area (Å²) in [4.78, 5) is 33.2. The Morgan fingerprint density at radius 1 is 1.04 bits per heavy atom. The standard InChI is InChI=1S/C31H34F5N2O9PS.Na.H/c1-2-49(43,44)27-13-5-20(6-14-27)28(15-16-46-48(40,41)42)37-29(39)21-3-9-23(10-4-21)38-18-26(17-24(38)19-45-30(32)33)47-25-11-7-22(8-12-25)31(34,35)36;;/h3-14,24,26,28,30H,2,15-19H2,1H3,(H,37,39)(H2,40,41,42);;/q;+1;-1/t24-,26-,28?;;/m0../s1. The predicted molar refractivity (Wildman–Crippen MR) is 168 cm³/mol. The third-order valence-corrected chi connectivity index (χ3v) is 10.00. The third kappa shape index (κ3) is 12.0. The number of sulfone groups is 1. The van der Waals surface area contributed by atoms with Gasteiger partial charge in [0.05, 0.1) is 48.1 Å². The SMILES string of the molecule is CCS(=O)(=O)c1ccc(C(CCOP(=O)(O)O)NC(=O)c2ccc(N3C[C@@H](Oc4ccc(C(F)(F)F)cc4)C[C@H]3COC(F)F)cc2)cc1.[H-].[Na+]. The molecule has 0 aliphatic carbocycles. The van der Waals surface area contributed by atoms with Crippen molar-refractivity contribution in [1.82, 2.24) is 5.32 Å². The molecule has 0 bridgehead atoms. The zero-order valence-corrected chi connectivity index (χ0v) is 30.6. The molecular formula is C31H35F5N2NaO9PS. The molecule has 19 heteroatoms. The first-order valence-electron chi connectivity index (χ1n) is 14.9. The first-order valence-corrected chi connectivity index (χ1v) is 18.1. The summed E-state index contributed by atoms with van der Waals surface area (Å²) in [6.45, 7) is -2.17. The minimum Gasteiger partial charge on any atom is -1.00 e. The van der Waals surface area contributed by atoms with E-state index in [9.17, 15) is 39.7 Å². The molecule has 4 rings (SSSR count). The van der Waals surface area contributed by atoms with Crippen LogP contribution in [-0.2, 0) is 29.8 Å². The minimum atomic E-state index is -4.80. The first-order chi connectivity index (χ1) is 22.9. The van der Waals surface area contributed by atoms with Gasteiger partial charge in [0.25, 0.3) is 5.91 Å². The van der Waals surface area contributed by atoms with E-state index in [-0.39, 0.29) is 78.9 Å². The molecule has 1 amide bonds. The Balaban J connectivity index is 0.00000451. The second-order valence-electron chi connectivity index (χ2n) is 11.1. The summed E-state index contributed by atoms with van der Waals surface area (Å²) in [5.74, 6) is -0.536. The molecule has 3 aromatic rings. The van der Waals surface area contributed by atoms with Gasteiger partial charge in [0.15, 0.2) is 9.84 Å². The van der Waals surface area contributed by atoms with Crippen LogP contribution < -0.4 is 44.5 Å². The van der Waals surface area contributed by atoms with Crippen LogP contribution >= 0.6 is 7.82 Å². The number of ether oxygens (including phenoxy) is 2. The Labute approximate surface area is 309 Å². The van der Waals surface area contributed by atoms with Crippen molar-refractivity contribution in [3.63, 3.8) is 0 Å². The van der Waals surface area contributed by atoms with Crippen LogP contribution in [-0.4, -0.2) is 68.4 Å². The number of rotatable bonds is 15. The number of nitrogens with one attached hydrogen (secondary N) is 1. The molecule has 0 spiro atoms. The third-order valence-electron chi connectivity index (χ3n) is 7.73. The molecule has 1 fully saturated rings. The van der Waals surface area contributed by atoms with E-state index in [2.05, 4.69) is 14.6 Å². The van der Waals surface area contributed by atoms with Gasteiger partial charge in [-0.1, -0.05) is 19.1 Å². The largest absolute Gasteiger partial charge is 1.00 e.